The monoisotopic (exact) mass is 236 g/mol. The van der Waals surface area contributed by atoms with Gasteiger partial charge in [-0.3, -0.25) is 10.2 Å². The lowest BCUT2D eigenvalue weighted by Gasteiger charge is -2.35. The first-order chi connectivity index (χ1) is 8.11. The summed E-state index contributed by atoms with van der Waals surface area (Å²) in [6.07, 6.45) is 0.00914. The fourth-order valence-corrected chi connectivity index (χ4v) is 1.99. The first-order valence-electron chi connectivity index (χ1n) is 5.41. The van der Waals surface area contributed by atoms with Crippen molar-refractivity contribution in [2.75, 3.05) is 23.7 Å². The van der Waals surface area contributed by atoms with Gasteiger partial charge >= 0.3 is 0 Å². The molecule has 1 unspecified atom stereocenters. The zero-order chi connectivity index (χ0) is 12.4. The number of hydrazine groups is 1. The highest BCUT2D eigenvalue weighted by molar-refractivity contribution is 5.85. The third-order valence-electron chi connectivity index (χ3n) is 2.65. The third-order valence-corrected chi connectivity index (χ3v) is 2.65. The summed E-state index contributed by atoms with van der Waals surface area (Å²) in [7, 11) is 0. The van der Waals surface area contributed by atoms with E-state index in [9.17, 15) is 4.79 Å². The fraction of sp³-hybridized carbons (Fsp3) is 0.364. The summed E-state index contributed by atoms with van der Waals surface area (Å²) in [5, 5.41) is 0. The molecule has 1 aliphatic heterocycles. The highest BCUT2D eigenvalue weighted by Crippen LogP contribution is 2.37. The van der Waals surface area contributed by atoms with Crippen molar-refractivity contribution in [3.63, 3.8) is 0 Å². The van der Waals surface area contributed by atoms with E-state index in [4.69, 9.17) is 16.3 Å². The molecule has 5 N–H and O–H groups in total. The number of carbonyl (C=O) groups is 1. The summed E-state index contributed by atoms with van der Waals surface area (Å²) < 4.78 is 5.67. The first-order valence-corrected chi connectivity index (χ1v) is 5.41. The van der Waals surface area contributed by atoms with E-state index in [0.717, 1.165) is 5.69 Å². The topological polar surface area (TPSA) is 93.6 Å². The summed E-state index contributed by atoms with van der Waals surface area (Å²) in [4.78, 5) is 13.2. The molecule has 6 nitrogen and oxygen atoms in total. The van der Waals surface area contributed by atoms with Crippen LogP contribution in [0.3, 0.4) is 0 Å². The van der Waals surface area contributed by atoms with Gasteiger partial charge in [0, 0.05) is 0 Å². The second-order valence-corrected chi connectivity index (χ2v) is 4.07. The molecule has 0 radical (unpaired) electrons. The average molecular weight is 236 g/mol. The predicted octanol–water partition coefficient (Wildman–Crippen LogP) is -0.154. The number of anilines is 2. The van der Waals surface area contributed by atoms with Crippen LogP contribution in [0.5, 0.6) is 5.75 Å². The standard InChI is InChI=1S/C11H16N4O2/c1-7-5-15(6-10(16)14-13)11-8(12)3-2-4-9(11)17-7/h2-4,7H,5-6,12-13H2,1H3,(H,14,16). The smallest absolute Gasteiger partial charge is 0.253 e. The van der Waals surface area contributed by atoms with E-state index in [0.29, 0.717) is 18.0 Å². The van der Waals surface area contributed by atoms with E-state index in [1.807, 2.05) is 24.0 Å². The lowest BCUT2D eigenvalue weighted by atomic mass is 10.1. The average Bonchev–Trinajstić information content (AvgIpc) is 2.28. The lowest BCUT2D eigenvalue weighted by molar-refractivity contribution is -0.119. The second kappa shape index (κ2) is 4.50. The quantitative estimate of drug-likeness (QED) is 0.287. The van der Waals surface area contributed by atoms with Crippen LogP contribution < -0.4 is 26.6 Å². The van der Waals surface area contributed by atoms with Crippen molar-refractivity contribution in [2.24, 2.45) is 5.84 Å². The highest BCUT2D eigenvalue weighted by Gasteiger charge is 2.26. The first kappa shape index (κ1) is 11.5. The van der Waals surface area contributed by atoms with E-state index in [1.165, 1.54) is 0 Å². The number of ether oxygens (including phenoxy) is 1. The molecule has 6 heteroatoms. The Hall–Kier alpha value is -1.95. The maximum atomic E-state index is 11.3. The number of benzene rings is 1. The van der Waals surface area contributed by atoms with Crippen molar-refractivity contribution in [3.05, 3.63) is 18.2 Å². The van der Waals surface area contributed by atoms with E-state index < -0.39 is 0 Å². The Bertz CT molecular complexity index is 435. The SMILES string of the molecule is CC1CN(CC(=O)NN)c2c(N)cccc2O1. The van der Waals surface area contributed by atoms with Crippen molar-refractivity contribution in [2.45, 2.75) is 13.0 Å². The molecule has 17 heavy (non-hydrogen) atoms. The van der Waals surface area contributed by atoms with Gasteiger partial charge in [0.1, 0.15) is 17.5 Å². The Morgan fingerprint density at radius 2 is 2.41 bits per heavy atom. The molecular formula is C11H16N4O2. The second-order valence-electron chi connectivity index (χ2n) is 4.07. The van der Waals surface area contributed by atoms with Crippen molar-refractivity contribution in [1.82, 2.24) is 5.43 Å². The number of hydrogen-bond donors (Lipinski definition) is 3. The Balaban J connectivity index is 2.33. The maximum absolute atomic E-state index is 11.3. The van der Waals surface area contributed by atoms with E-state index in [2.05, 4.69) is 5.43 Å². The fourth-order valence-electron chi connectivity index (χ4n) is 1.99. The Morgan fingerprint density at radius 3 is 3.12 bits per heavy atom. The van der Waals surface area contributed by atoms with Crippen LogP contribution in [0, 0.1) is 0 Å². The number of fused-ring (bicyclic) bond motifs is 1. The molecule has 1 aromatic carbocycles. The van der Waals surface area contributed by atoms with E-state index in [-0.39, 0.29) is 18.6 Å². The van der Waals surface area contributed by atoms with Gasteiger partial charge in [-0.2, -0.15) is 0 Å². The number of hydrogen-bond acceptors (Lipinski definition) is 5. The van der Waals surface area contributed by atoms with Crippen LogP contribution >= 0.6 is 0 Å². The minimum atomic E-state index is -0.256. The zero-order valence-corrected chi connectivity index (χ0v) is 9.64. The summed E-state index contributed by atoms with van der Waals surface area (Å²) in [6, 6.07) is 5.45. The van der Waals surface area contributed by atoms with Crippen molar-refractivity contribution in [3.8, 4) is 5.75 Å². The molecule has 2 rings (SSSR count). The van der Waals surface area contributed by atoms with Crippen molar-refractivity contribution < 1.29 is 9.53 Å². The largest absolute Gasteiger partial charge is 0.487 e. The van der Waals surface area contributed by atoms with Crippen LogP contribution in [0.25, 0.3) is 0 Å². The van der Waals surface area contributed by atoms with Gasteiger partial charge in [-0.25, -0.2) is 5.84 Å². The number of nitrogen functional groups attached to an aromatic ring is 1. The van der Waals surface area contributed by atoms with Gasteiger partial charge in [0.05, 0.1) is 18.8 Å². The molecule has 92 valence electrons. The molecule has 1 aromatic rings. The molecule has 1 heterocycles. The van der Waals surface area contributed by atoms with Gasteiger partial charge < -0.3 is 15.4 Å². The Morgan fingerprint density at radius 1 is 1.65 bits per heavy atom. The normalized spacial score (nSPS) is 18.2. The van der Waals surface area contributed by atoms with Gasteiger partial charge in [0.2, 0.25) is 0 Å². The molecule has 0 saturated heterocycles. The Kier molecular flexibility index (Phi) is 3.06. The number of carbonyl (C=O) groups excluding carboxylic acids is 1. The Labute approximate surface area is 99.5 Å². The number of amides is 1. The highest BCUT2D eigenvalue weighted by atomic mass is 16.5. The third kappa shape index (κ3) is 2.26. The van der Waals surface area contributed by atoms with Gasteiger partial charge in [-0.05, 0) is 19.1 Å². The van der Waals surface area contributed by atoms with Gasteiger partial charge in [-0.15, -0.1) is 0 Å². The molecule has 0 aliphatic carbocycles. The summed E-state index contributed by atoms with van der Waals surface area (Å²) in [6.45, 7) is 2.72. The number of rotatable bonds is 2. The minimum absolute atomic E-state index is 0.00914. The molecule has 1 amide bonds. The number of nitrogens with zero attached hydrogens (tertiary/aromatic N) is 1. The van der Waals surface area contributed by atoms with Crippen LogP contribution in [0.2, 0.25) is 0 Å². The molecule has 1 atom stereocenters. The lowest BCUT2D eigenvalue weighted by Crippen LogP contribution is -2.46. The molecule has 0 saturated carbocycles. The van der Waals surface area contributed by atoms with Gasteiger partial charge in [0.25, 0.3) is 5.91 Å². The molecule has 1 aliphatic rings. The van der Waals surface area contributed by atoms with E-state index in [1.54, 1.807) is 6.07 Å². The predicted molar refractivity (Wildman–Crippen MR) is 65.5 cm³/mol. The number of para-hydroxylation sites is 1. The molecular weight excluding hydrogens is 220 g/mol. The number of nitrogens with one attached hydrogen (secondary N) is 1. The van der Waals surface area contributed by atoms with Crippen molar-refractivity contribution >= 4 is 17.3 Å². The summed E-state index contributed by atoms with van der Waals surface area (Å²) in [5.74, 6) is 5.54. The summed E-state index contributed by atoms with van der Waals surface area (Å²) >= 11 is 0. The van der Waals surface area contributed by atoms with Crippen molar-refractivity contribution in [1.29, 1.82) is 0 Å². The zero-order valence-electron chi connectivity index (χ0n) is 9.64. The van der Waals surface area contributed by atoms with Crippen LogP contribution in [-0.2, 0) is 4.79 Å². The molecule has 0 bridgehead atoms. The minimum Gasteiger partial charge on any atom is -0.487 e. The van der Waals surface area contributed by atoms with Gasteiger partial charge in [-0.1, -0.05) is 6.07 Å². The maximum Gasteiger partial charge on any atom is 0.253 e. The molecule has 0 aromatic heterocycles. The van der Waals surface area contributed by atoms with Gasteiger partial charge in [0.15, 0.2) is 0 Å². The van der Waals surface area contributed by atoms with Crippen LogP contribution in [0.15, 0.2) is 18.2 Å². The molecule has 0 spiro atoms. The van der Waals surface area contributed by atoms with Crippen LogP contribution in [-0.4, -0.2) is 25.1 Å². The molecule has 0 fully saturated rings. The van der Waals surface area contributed by atoms with Crippen LogP contribution in [0.1, 0.15) is 6.92 Å². The van der Waals surface area contributed by atoms with Crippen LogP contribution in [0.4, 0.5) is 11.4 Å². The number of nitrogens with two attached hydrogens (primary N) is 2. The summed E-state index contributed by atoms with van der Waals surface area (Å²) in [5.41, 5.74) is 9.38. The van der Waals surface area contributed by atoms with E-state index >= 15 is 0 Å².